The van der Waals surface area contributed by atoms with E-state index in [1.165, 1.54) is 12.8 Å². The van der Waals surface area contributed by atoms with E-state index in [-0.39, 0.29) is 12.4 Å². The molecule has 9 unspecified atom stereocenters. The maximum absolute atomic E-state index is 6.81. The summed E-state index contributed by atoms with van der Waals surface area (Å²) in [4.78, 5) is 0. The molecule has 0 amide bonds. The third kappa shape index (κ3) is 0.819. The van der Waals surface area contributed by atoms with Gasteiger partial charge in [-0.05, 0) is 59.8 Å². The highest BCUT2D eigenvalue weighted by atomic mass is 35.5. The van der Waals surface area contributed by atoms with Crippen molar-refractivity contribution >= 4 is 12.4 Å². The Labute approximate surface area is 120 Å². The van der Waals surface area contributed by atoms with Crippen molar-refractivity contribution in [3.63, 3.8) is 0 Å². The Hall–Kier alpha value is -0.530. The quantitative estimate of drug-likeness (QED) is 0.837. The number of halogens is 1. The van der Waals surface area contributed by atoms with Gasteiger partial charge in [0, 0.05) is 11.5 Å². The standard InChI is InChI=1S/C17H19N.ClH/c18-16-14-11-6-9-10-7-12(13(9)14)17(16,15(10)11)8-4-2-1-3-5-8;/h1-5,9-16H,6-7,18H2;1H. The highest BCUT2D eigenvalue weighted by molar-refractivity contribution is 5.85. The molecule has 6 bridgehead atoms. The summed E-state index contributed by atoms with van der Waals surface area (Å²) in [6, 6.07) is 11.8. The van der Waals surface area contributed by atoms with Crippen LogP contribution in [0.3, 0.4) is 0 Å². The van der Waals surface area contributed by atoms with E-state index in [9.17, 15) is 0 Å². The van der Waals surface area contributed by atoms with Crippen LogP contribution in [0.5, 0.6) is 0 Å². The highest BCUT2D eigenvalue weighted by Gasteiger charge is 2.85. The molecule has 2 heteroatoms. The zero-order valence-electron chi connectivity index (χ0n) is 10.9. The first-order valence-electron chi connectivity index (χ1n) is 7.66. The topological polar surface area (TPSA) is 26.0 Å². The van der Waals surface area contributed by atoms with Gasteiger partial charge in [0.2, 0.25) is 0 Å². The predicted octanol–water partition coefficient (Wildman–Crippen LogP) is 2.84. The Bertz CT molecular complexity index is 558. The smallest absolute Gasteiger partial charge is 0.0176 e. The van der Waals surface area contributed by atoms with Crippen LogP contribution in [0.25, 0.3) is 0 Å². The lowest BCUT2D eigenvalue weighted by Gasteiger charge is -2.43. The molecule has 9 atom stereocenters. The van der Waals surface area contributed by atoms with Gasteiger partial charge in [0.1, 0.15) is 0 Å². The molecule has 6 fully saturated rings. The minimum Gasteiger partial charge on any atom is -0.327 e. The molecule has 0 heterocycles. The van der Waals surface area contributed by atoms with Crippen LogP contribution in [0, 0.1) is 41.4 Å². The molecular weight excluding hydrogens is 254 g/mol. The van der Waals surface area contributed by atoms with Crippen molar-refractivity contribution < 1.29 is 0 Å². The Morgan fingerprint density at radius 3 is 2.53 bits per heavy atom. The van der Waals surface area contributed by atoms with Crippen molar-refractivity contribution in [2.24, 2.45) is 47.2 Å². The molecule has 0 radical (unpaired) electrons. The number of hydrogen-bond donors (Lipinski definition) is 1. The van der Waals surface area contributed by atoms with Crippen LogP contribution < -0.4 is 5.73 Å². The molecule has 100 valence electrons. The van der Waals surface area contributed by atoms with Crippen LogP contribution in [0.1, 0.15) is 18.4 Å². The third-order valence-electron chi connectivity index (χ3n) is 7.85. The summed E-state index contributed by atoms with van der Waals surface area (Å²) in [6.07, 6.45) is 3.04. The van der Waals surface area contributed by atoms with E-state index in [1.807, 2.05) is 0 Å². The van der Waals surface area contributed by atoms with Gasteiger partial charge in [0.05, 0.1) is 0 Å². The van der Waals surface area contributed by atoms with Gasteiger partial charge in [0.25, 0.3) is 0 Å². The normalized spacial score (nSPS) is 61.3. The molecule has 0 aliphatic heterocycles. The zero-order valence-corrected chi connectivity index (χ0v) is 11.7. The Kier molecular flexibility index (Phi) is 1.79. The van der Waals surface area contributed by atoms with Crippen LogP contribution >= 0.6 is 12.4 Å². The van der Waals surface area contributed by atoms with Crippen LogP contribution in [0.15, 0.2) is 30.3 Å². The molecule has 6 saturated carbocycles. The van der Waals surface area contributed by atoms with Gasteiger partial charge < -0.3 is 5.73 Å². The van der Waals surface area contributed by atoms with Crippen molar-refractivity contribution in [1.82, 2.24) is 0 Å². The van der Waals surface area contributed by atoms with Crippen LogP contribution in [-0.2, 0) is 5.41 Å². The number of benzene rings is 1. The second-order valence-electron chi connectivity index (χ2n) is 7.57. The fraction of sp³-hybridized carbons (Fsp3) is 0.647. The van der Waals surface area contributed by atoms with E-state index >= 15 is 0 Å². The Morgan fingerprint density at radius 1 is 0.947 bits per heavy atom. The maximum Gasteiger partial charge on any atom is 0.0176 e. The summed E-state index contributed by atoms with van der Waals surface area (Å²) < 4.78 is 0. The van der Waals surface area contributed by atoms with E-state index in [0.717, 1.165) is 41.4 Å². The lowest BCUT2D eigenvalue weighted by atomic mass is 9.60. The highest BCUT2D eigenvalue weighted by Crippen LogP contribution is 2.86. The number of nitrogens with two attached hydrogens (primary N) is 1. The first-order valence-corrected chi connectivity index (χ1v) is 7.66. The molecule has 0 saturated heterocycles. The molecule has 7 rings (SSSR count). The van der Waals surface area contributed by atoms with E-state index < -0.39 is 0 Å². The summed E-state index contributed by atoms with van der Waals surface area (Å²) in [5.41, 5.74) is 8.80. The molecule has 6 aliphatic carbocycles. The molecule has 1 aromatic rings. The fourth-order valence-corrected chi connectivity index (χ4v) is 8.06. The van der Waals surface area contributed by atoms with Crippen LogP contribution in [0.4, 0.5) is 0 Å². The number of hydrogen-bond acceptors (Lipinski definition) is 1. The minimum atomic E-state index is 0. The summed E-state index contributed by atoms with van der Waals surface area (Å²) in [6.45, 7) is 0. The lowest BCUT2D eigenvalue weighted by Crippen LogP contribution is -2.46. The molecule has 2 N–H and O–H groups in total. The summed E-state index contributed by atoms with van der Waals surface area (Å²) in [5.74, 6) is 6.94. The van der Waals surface area contributed by atoms with Crippen molar-refractivity contribution in [2.75, 3.05) is 0 Å². The van der Waals surface area contributed by atoms with Gasteiger partial charge in [-0.3, -0.25) is 0 Å². The third-order valence-corrected chi connectivity index (χ3v) is 7.85. The van der Waals surface area contributed by atoms with E-state index in [4.69, 9.17) is 5.73 Å². The van der Waals surface area contributed by atoms with Crippen LogP contribution in [0.2, 0.25) is 0 Å². The first-order chi connectivity index (χ1) is 8.85. The summed E-state index contributed by atoms with van der Waals surface area (Å²) in [7, 11) is 0. The minimum absolute atomic E-state index is 0. The summed E-state index contributed by atoms with van der Waals surface area (Å²) >= 11 is 0. The lowest BCUT2D eigenvalue weighted by molar-refractivity contribution is 0.107. The van der Waals surface area contributed by atoms with Crippen molar-refractivity contribution in [3.8, 4) is 0 Å². The zero-order chi connectivity index (χ0) is 11.6. The van der Waals surface area contributed by atoms with Gasteiger partial charge in [-0.2, -0.15) is 0 Å². The van der Waals surface area contributed by atoms with E-state index in [2.05, 4.69) is 30.3 Å². The molecular formula is C17H20ClN. The average molecular weight is 274 g/mol. The summed E-state index contributed by atoms with van der Waals surface area (Å²) in [5, 5.41) is 0. The van der Waals surface area contributed by atoms with Gasteiger partial charge in [0.15, 0.2) is 0 Å². The monoisotopic (exact) mass is 273 g/mol. The Balaban J connectivity index is 0.000000882. The molecule has 1 nitrogen and oxygen atoms in total. The van der Waals surface area contributed by atoms with Gasteiger partial charge >= 0.3 is 0 Å². The average Bonchev–Trinajstić information content (AvgIpc) is 3.11. The maximum atomic E-state index is 6.81. The molecule has 0 aromatic heterocycles. The second kappa shape index (κ2) is 3.04. The molecule has 1 aromatic carbocycles. The van der Waals surface area contributed by atoms with Crippen molar-refractivity contribution in [3.05, 3.63) is 35.9 Å². The molecule has 0 spiro atoms. The fourth-order valence-electron chi connectivity index (χ4n) is 8.06. The largest absolute Gasteiger partial charge is 0.327 e. The van der Waals surface area contributed by atoms with E-state index in [0.29, 0.717) is 11.5 Å². The number of rotatable bonds is 1. The Morgan fingerprint density at radius 2 is 1.74 bits per heavy atom. The van der Waals surface area contributed by atoms with Gasteiger partial charge in [-0.1, -0.05) is 30.3 Å². The van der Waals surface area contributed by atoms with Gasteiger partial charge in [-0.25, -0.2) is 0 Å². The second-order valence-corrected chi connectivity index (χ2v) is 7.57. The van der Waals surface area contributed by atoms with Crippen molar-refractivity contribution in [2.45, 2.75) is 24.3 Å². The predicted molar refractivity (Wildman–Crippen MR) is 77.0 cm³/mol. The van der Waals surface area contributed by atoms with E-state index in [1.54, 1.807) is 5.56 Å². The van der Waals surface area contributed by atoms with Crippen molar-refractivity contribution in [1.29, 1.82) is 0 Å². The SMILES string of the molecule is Cl.NC1C2C3CC4C5CC(C42)C1(c1ccccc1)C53. The molecule has 19 heavy (non-hydrogen) atoms. The first kappa shape index (κ1) is 11.2. The van der Waals surface area contributed by atoms with Crippen LogP contribution in [-0.4, -0.2) is 6.04 Å². The van der Waals surface area contributed by atoms with Gasteiger partial charge in [-0.15, -0.1) is 12.4 Å². The molecule has 6 aliphatic rings.